The molecule has 1 aliphatic rings. The molecule has 224 valence electrons. The molecule has 2 aromatic carbocycles. The Hall–Kier alpha value is -1.25. The Morgan fingerprint density at radius 2 is 1.27 bits per heavy atom. The molecule has 1 fully saturated rings. The van der Waals surface area contributed by atoms with Crippen molar-refractivity contribution in [1.82, 2.24) is 0 Å². The number of hydrogen-bond donors (Lipinski definition) is 0. The van der Waals surface area contributed by atoms with E-state index in [0.717, 1.165) is 6.42 Å². The van der Waals surface area contributed by atoms with Crippen molar-refractivity contribution in [2.75, 3.05) is 6.61 Å². The summed E-state index contributed by atoms with van der Waals surface area (Å²) in [7, 11) is -4.82. The van der Waals surface area contributed by atoms with Gasteiger partial charge in [-0.05, 0) is 117 Å². The summed E-state index contributed by atoms with van der Waals surface area (Å²) in [5, 5.41) is 3.05. The monoisotopic (exact) mass is 582 g/mol. The van der Waals surface area contributed by atoms with Crippen molar-refractivity contribution >= 4 is 27.0 Å². The summed E-state index contributed by atoms with van der Waals surface area (Å²) in [6.07, 6.45) is 0.856. The van der Waals surface area contributed by atoms with Crippen molar-refractivity contribution in [2.45, 2.75) is 132 Å². The van der Waals surface area contributed by atoms with Gasteiger partial charge in [0.15, 0.2) is 8.32 Å². The van der Waals surface area contributed by atoms with E-state index in [9.17, 15) is 0 Å². The van der Waals surface area contributed by atoms with Crippen LogP contribution < -0.4 is 10.4 Å². The number of ether oxygens (including phenoxy) is 1. The minimum atomic E-state index is -2.82. The van der Waals surface area contributed by atoms with Crippen molar-refractivity contribution < 1.29 is 13.6 Å². The van der Waals surface area contributed by atoms with Crippen LogP contribution in [0, 0.1) is 53.4 Å². The molecule has 0 aliphatic carbocycles. The Kier molecular flexibility index (Phi) is 10.1. The van der Waals surface area contributed by atoms with E-state index >= 15 is 0 Å². The van der Waals surface area contributed by atoms with E-state index in [1.54, 1.807) is 0 Å². The first-order chi connectivity index (χ1) is 18.4. The minimum absolute atomic E-state index is 0.152. The van der Waals surface area contributed by atoms with Crippen LogP contribution in [-0.4, -0.2) is 35.6 Å². The zero-order valence-electron chi connectivity index (χ0n) is 28.3. The zero-order chi connectivity index (χ0) is 30.4. The average molecular weight is 583 g/mol. The van der Waals surface area contributed by atoms with Gasteiger partial charge in [-0.2, -0.15) is 0 Å². The van der Waals surface area contributed by atoms with E-state index in [2.05, 4.69) is 127 Å². The standard InChI is InChI=1S/C35H58O3Si2/c1-16-36-31-21-30(29(10)32(22(2)3)38-39(14,15)35(11,12)13)40(37-31,33-25(6)17-23(4)18-26(33)7)34-27(8)19-24(5)20-28(34)9/h17-20,22,29-32H,16,21H2,1-15H3/t29-,30-,31?,32-/m1/s1. The quantitative estimate of drug-likeness (QED) is 0.278. The molecule has 1 aliphatic heterocycles. The van der Waals surface area contributed by atoms with E-state index in [1.807, 2.05) is 0 Å². The third-order valence-electron chi connectivity index (χ3n) is 9.78. The SMILES string of the molecule is CCOC1C[C@H]([C@@H](C)[C@H](O[Si](C)(C)C(C)(C)C)C(C)C)[Si](c2c(C)cc(C)cc2C)(c2c(C)cc(C)cc2C)O1. The molecule has 0 saturated carbocycles. The van der Waals surface area contributed by atoms with Gasteiger partial charge in [-0.1, -0.05) is 76.9 Å². The van der Waals surface area contributed by atoms with Crippen LogP contribution in [0.2, 0.25) is 23.7 Å². The van der Waals surface area contributed by atoms with Crippen molar-refractivity contribution in [2.24, 2.45) is 11.8 Å². The van der Waals surface area contributed by atoms with Crippen LogP contribution in [-0.2, 0) is 13.6 Å². The highest BCUT2D eigenvalue weighted by atomic mass is 28.4. The van der Waals surface area contributed by atoms with Gasteiger partial charge in [0.25, 0.3) is 8.32 Å². The molecule has 1 heterocycles. The minimum Gasteiger partial charge on any atom is -0.413 e. The molecule has 40 heavy (non-hydrogen) atoms. The molecule has 3 nitrogen and oxygen atoms in total. The predicted octanol–water partition coefficient (Wildman–Crippen LogP) is 8.43. The Labute approximate surface area is 248 Å². The third-order valence-corrected chi connectivity index (χ3v) is 19.8. The average Bonchev–Trinajstić information content (AvgIpc) is 3.14. The van der Waals surface area contributed by atoms with E-state index < -0.39 is 16.6 Å². The third kappa shape index (κ3) is 6.24. The predicted molar refractivity (Wildman–Crippen MR) is 177 cm³/mol. The Bertz CT molecular complexity index is 1090. The van der Waals surface area contributed by atoms with Gasteiger partial charge in [-0.3, -0.25) is 0 Å². The van der Waals surface area contributed by atoms with Crippen LogP contribution in [0.4, 0.5) is 0 Å². The fraction of sp³-hybridized carbons (Fsp3) is 0.657. The maximum absolute atomic E-state index is 7.50. The van der Waals surface area contributed by atoms with Crippen molar-refractivity contribution in [3.05, 3.63) is 57.6 Å². The highest BCUT2D eigenvalue weighted by Crippen LogP contribution is 2.49. The lowest BCUT2D eigenvalue weighted by molar-refractivity contribution is -0.0677. The Balaban J connectivity index is 2.38. The maximum atomic E-state index is 7.50. The number of benzene rings is 2. The van der Waals surface area contributed by atoms with Crippen LogP contribution in [0.3, 0.4) is 0 Å². The van der Waals surface area contributed by atoms with Crippen LogP contribution in [0.5, 0.6) is 0 Å². The largest absolute Gasteiger partial charge is 0.413 e. The first kappa shape index (κ1) is 33.3. The smallest absolute Gasteiger partial charge is 0.263 e. The maximum Gasteiger partial charge on any atom is 0.263 e. The summed E-state index contributed by atoms with van der Waals surface area (Å²) in [4.78, 5) is 0. The topological polar surface area (TPSA) is 27.7 Å². The van der Waals surface area contributed by atoms with Gasteiger partial charge >= 0.3 is 0 Å². The molecule has 1 unspecified atom stereocenters. The summed E-state index contributed by atoms with van der Waals surface area (Å²) >= 11 is 0. The Morgan fingerprint density at radius 3 is 1.62 bits per heavy atom. The number of rotatable bonds is 9. The lowest BCUT2D eigenvalue weighted by atomic mass is 9.90. The molecule has 5 heteroatoms. The van der Waals surface area contributed by atoms with Crippen LogP contribution >= 0.6 is 0 Å². The molecule has 0 N–H and O–H groups in total. The highest BCUT2D eigenvalue weighted by molar-refractivity contribution is 7.00. The van der Waals surface area contributed by atoms with Gasteiger partial charge < -0.3 is 13.6 Å². The highest BCUT2D eigenvalue weighted by Gasteiger charge is 2.60. The fourth-order valence-electron chi connectivity index (χ4n) is 7.33. The first-order valence-corrected chi connectivity index (χ1v) is 20.4. The van der Waals surface area contributed by atoms with E-state index in [-0.39, 0.29) is 17.4 Å². The van der Waals surface area contributed by atoms with Crippen LogP contribution in [0.15, 0.2) is 24.3 Å². The number of aryl methyl sites for hydroxylation is 6. The van der Waals surface area contributed by atoms with Crippen molar-refractivity contribution in [1.29, 1.82) is 0 Å². The second kappa shape index (κ2) is 12.2. The molecule has 0 bridgehead atoms. The van der Waals surface area contributed by atoms with Gasteiger partial charge in [0.1, 0.15) is 6.29 Å². The van der Waals surface area contributed by atoms with Gasteiger partial charge in [0, 0.05) is 19.1 Å². The van der Waals surface area contributed by atoms with Crippen molar-refractivity contribution in [3.8, 4) is 0 Å². The second-order valence-corrected chi connectivity index (χ2v) is 22.8. The fourth-order valence-corrected chi connectivity index (χ4v) is 14.9. The normalized spacial score (nSPS) is 21.2. The molecule has 1 saturated heterocycles. The van der Waals surface area contributed by atoms with E-state index in [1.165, 1.54) is 43.8 Å². The number of hydrogen-bond acceptors (Lipinski definition) is 3. The molecule has 0 aromatic heterocycles. The van der Waals surface area contributed by atoms with Gasteiger partial charge in [-0.15, -0.1) is 0 Å². The second-order valence-electron chi connectivity index (χ2n) is 14.6. The summed E-state index contributed by atoms with van der Waals surface area (Å²) in [6, 6.07) is 9.45. The molecule has 0 spiro atoms. The first-order valence-electron chi connectivity index (χ1n) is 15.5. The lowest BCUT2D eigenvalue weighted by Gasteiger charge is -2.46. The van der Waals surface area contributed by atoms with Gasteiger partial charge in [0.2, 0.25) is 0 Å². The molecule has 0 radical (unpaired) electrons. The molecule has 4 atom stereocenters. The summed E-state index contributed by atoms with van der Waals surface area (Å²) < 4.78 is 21.2. The van der Waals surface area contributed by atoms with Crippen LogP contribution in [0.1, 0.15) is 88.3 Å². The summed E-state index contributed by atoms with van der Waals surface area (Å²) in [5.74, 6) is 0.717. The lowest BCUT2D eigenvalue weighted by Crippen LogP contribution is -2.66. The molecule has 3 rings (SSSR count). The molecule has 0 amide bonds. The van der Waals surface area contributed by atoms with E-state index in [0.29, 0.717) is 24.0 Å². The molecular weight excluding hydrogens is 525 g/mol. The van der Waals surface area contributed by atoms with E-state index in [4.69, 9.17) is 13.6 Å². The van der Waals surface area contributed by atoms with Gasteiger partial charge in [0.05, 0.1) is 0 Å². The Morgan fingerprint density at radius 1 is 0.850 bits per heavy atom. The zero-order valence-corrected chi connectivity index (χ0v) is 30.3. The molecular formula is C35H58O3Si2. The van der Waals surface area contributed by atoms with Gasteiger partial charge in [-0.25, -0.2) is 0 Å². The summed E-state index contributed by atoms with van der Waals surface area (Å²) in [5.41, 5.74) is 8.35. The van der Waals surface area contributed by atoms with Crippen LogP contribution in [0.25, 0.3) is 0 Å². The summed E-state index contributed by atoms with van der Waals surface area (Å²) in [6.45, 7) is 35.4. The molecule has 2 aromatic rings. The van der Waals surface area contributed by atoms with Crippen molar-refractivity contribution in [3.63, 3.8) is 0 Å².